The zero-order valence-corrected chi connectivity index (χ0v) is 31.8. The van der Waals surface area contributed by atoms with E-state index < -0.39 is 37.7 Å². The maximum Gasteiger partial charge on any atom is 0.410 e. The van der Waals surface area contributed by atoms with Crippen molar-refractivity contribution in [2.75, 3.05) is 19.8 Å². The zero-order valence-electron chi connectivity index (χ0n) is 30.0. The van der Waals surface area contributed by atoms with Crippen molar-refractivity contribution >= 4 is 53.2 Å². The van der Waals surface area contributed by atoms with Gasteiger partial charge in [0.1, 0.15) is 5.60 Å². The molecular formula is C38H49ClN4O5Si. The number of nitrogens with zero attached hydrogens (tertiary/aromatic N) is 3. The first-order chi connectivity index (χ1) is 22.9. The summed E-state index contributed by atoms with van der Waals surface area (Å²) < 4.78 is 21.0. The number of rotatable bonds is 8. The second kappa shape index (κ2) is 13.9. The lowest BCUT2D eigenvalue weighted by Crippen LogP contribution is -2.68. The van der Waals surface area contributed by atoms with E-state index >= 15 is 0 Å². The molecule has 49 heavy (non-hydrogen) atoms. The second-order valence-corrected chi connectivity index (χ2v) is 20.0. The van der Waals surface area contributed by atoms with E-state index in [0.717, 1.165) is 21.3 Å². The Morgan fingerprint density at radius 3 is 2.06 bits per heavy atom. The Kier molecular flexibility index (Phi) is 10.4. The zero-order chi connectivity index (χ0) is 35.8. The van der Waals surface area contributed by atoms with Crippen LogP contribution in [0.15, 0.2) is 78.9 Å². The molecule has 1 saturated heterocycles. The first-order valence-electron chi connectivity index (χ1n) is 16.7. The van der Waals surface area contributed by atoms with Gasteiger partial charge in [-0.2, -0.15) is 5.10 Å². The molecule has 0 aliphatic carbocycles. The average Bonchev–Trinajstić information content (AvgIpc) is 3.39. The molecule has 0 bridgehead atoms. The summed E-state index contributed by atoms with van der Waals surface area (Å²) in [4.78, 5) is 29.3. The number of morpholine rings is 1. The molecule has 4 aromatic rings. The predicted molar refractivity (Wildman–Crippen MR) is 197 cm³/mol. The van der Waals surface area contributed by atoms with Gasteiger partial charge >= 0.3 is 6.09 Å². The van der Waals surface area contributed by atoms with Crippen LogP contribution in [0.3, 0.4) is 0 Å². The van der Waals surface area contributed by atoms with Crippen molar-refractivity contribution < 1.29 is 23.5 Å². The molecule has 9 nitrogen and oxygen atoms in total. The molecule has 1 N–H and O–H groups in total. The Morgan fingerprint density at radius 2 is 1.51 bits per heavy atom. The van der Waals surface area contributed by atoms with Crippen molar-refractivity contribution in [3.05, 3.63) is 89.6 Å². The molecule has 0 unspecified atom stereocenters. The summed E-state index contributed by atoms with van der Waals surface area (Å²) in [5.74, 6) is -0.356. The second-order valence-electron chi connectivity index (χ2n) is 15.3. The summed E-state index contributed by atoms with van der Waals surface area (Å²) >= 11 is 6.48. The molecule has 0 spiro atoms. The highest BCUT2D eigenvalue weighted by Gasteiger charge is 2.51. The highest BCUT2D eigenvalue weighted by Crippen LogP contribution is 2.37. The number of para-hydroxylation sites is 1. The Balaban J connectivity index is 1.42. The maximum absolute atomic E-state index is 13.9. The highest BCUT2D eigenvalue weighted by molar-refractivity contribution is 6.99. The van der Waals surface area contributed by atoms with E-state index in [1.807, 2.05) is 96.3 Å². The van der Waals surface area contributed by atoms with E-state index in [1.54, 1.807) is 9.58 Å². The first-order valence-corrected chi connectivity index (χ1v) is 19.0. The number of hydrogen-bond acceptors (Lipinski definition) is 6. The summed E-state index contributed by atoms with van der Waals surface area (Å²) in [7, 11) is -1.08. The summed E-state index contributed by atoms with van der Waals surface area (Å²) in [6.07, 6.45) is -1.45. The van der Waals surface area contributed by atoms with Gasteiger partial charge in [-0.25, -0.2) is 4.79 Å². The molecule has 1 aromatic heterocycles. The largest absolute Gasteiger partial charge is 0.444 e. The van der Waals surface area contributed by atoms with Gasteiger partial charge in [-0.1, -0.05) is 105 Å². The van der Waals surface area contributed by atoms with Gasteiger partial charge in [-0.05, 0) is 56.1 Å². The van der Waals surface area contributed by atoms with E-state index in [9.17, 15) is 9.59 Å². The average molecular weight is 705 g/mol. The molecule has 0 radical (unpaired) electrons. The lowest BCUT2D eigenvalue weighted by Gasteiger charge is -2.46. The number of aryl methyl sites for hydroxylation is 1. The number of fused-ring (bicyclic) bond motifs is 1. The van der Waals surface area contributed by atoms with Gasteiger partial charge in [0, 0.05) is 12.4 Å². The summed E-state index contributed by atoms with van der Waals surface area (Å²) in [6, 6.07) is 25.8. The number of halogens is 1. The highest BCUT2D eigenvalue weighted by atomic mass is 35.5. The number of ether oxygens (including phenoxy) is 2. The normalized spacial score (nSPS) is 17.6. The third-order valence-corrected chi connectivity index (χ3v) is 14.3. The molecular weight excluding hydrogens is 656 g/mol. The van der Waals surface area contributed by atoms with Crippen molar-refractivity contribution in [2.45, 2.75) is 83.7 Å². The van der Waals surface area contributed by atoms with Gasteiger partial charge in [0.15, 0.2) is 6.10 Å². The molecule has 2 heterocycles. The van der Waals surface area contributed by atoms with Crippen molar-refractivity contribution in [1.29, 1.82) is 0 Å². The van der Waals surface area contributed by atoms with E-state index in [0.29, 0.717) is 10.7 Å². The van der Waals surface area contributed by atoms with Crippen molar-refractivity contribution in [3.63, 3.8) is 0 Å². The van der Waals surface area contributed by atoms with Gasteiger partial charge in [-0.15, -0.1) is 0 Å². The number of amides is 2. The van der Waals surface area contributed by atoms with E-state index in [2.05, 4.69) is 50.4 Å². The third-order valence-electron chi connectivity index (χ3n) is 8.97. The van der Waals surface area contributed by atoms with Crippen molar-refractivity contribution in [2.24, 2.45) is 7.05 Å². The van der Waals surface area contributed by atoms with Crippen LogP contribution in [0.4, 0.5) is 4.79 Å². The monoisotopic (exact) mass is 704 g/mol. The Hall–Kier alpha value is -3.70. The number of carbonyl (C=O) groups excluding carboxylic acids is 2. The van der Waals surface area contributed by atoms with Crippen LogP contribution in [0.25, 0.3) is 10.9 Å². The van der Waals surface area contributed by atoms with E-state index in [1.165, 1.54) is 0 Å². The summed E-state index contributed by atoms with van der Waals surface area (Å²) in [5, 5.41) is 11.3. The number of nitrogens with one attached hydrogen (secondary N) is 1. The summed E-state index contributed by atoms with van der Waals surface area (Å²) in [6.45, 7) is 16.2. The number of aromatic nitrogens is 2. The van der Waals surface area contributed by atoms with Crippen LogP contribution in [0, 0.1) is 0 Å². The number of carbonyl (C=O) groups is 2. The number of benzene rings is 3. The van der Waals surface area contributed by atoms with Crippen LogP contribution in [0.1, 0.15) is 61.1 Å². The maximum atomic E-state index is 13.9. The van der Waals surface area contributed by atoms with Crippen LogP contribution < -0.4 is 15.7 Å². The molecule has 2 amide bonds. The predicted octanol–water partition coefficient (Wildman–Crippen LogP) is 6.16. The number of hydrogen-bond donors (Lipinski definition) is 1. The third kappa shape index (κ3) is 7.57. The van der Waals surface area contributed by atoms with E-state index in [-0.39, 0.29) is 30.7 Å². The van der Waals surface area contributed by atoms with Crippen LogP contribution in [0.5, 0.6) is 0 Å². The van der Waals surface area contributed by atoms with Crippen molar-refractivity contribution in [1.82, 2.24) is 20.0 Å². The Bertz CT molecular complexity index is 1740. The van der Waals surface area contributed by atoms with Gasteiger partial charge in [-0.3, -0.25) is 14.4 Å². The molecule has 2 atom stereocenters. The fraction of sp³-hybridized carbons (Fsp3) is 0.447. The smallest absolute Gasteiger partial charge is 0.410 e. The minimum atomic E-state index is -2.91. The quantitative estimate of drug-likeness (QED) is 0.221. The van der Waals surface area contributed by atoms with Gasteiger partial charge in [0.25, 0.3) is 14.2 Å². The fourth-order valence-electron chi connectivity index (χ4n) is 6.72. The topological polar surface area (TPSA) is 94.9 Å². The van der Waals surface area contributed by atoms with Crippen LogP contribution in [-0.2, 0) is 31.3 Å². The standard InChI is InChI=1S/C38H49ClN4O5Si/c1-36(2,3)48-35(45)43-23-31(34(44)40-38(7,8)33-29-21-16-22-30(39)32(29)42(9)41-33)46-24-26(43)25-47-49(37(4,5)6,27-17-12-10-13-18-27)28-19-14-11-15-20-28/h10-22,26,31H,23-25H2,1-9H3,(H,40,44)/t26-,31-/m0/s1. The Labute approximate surface area is 296 Å². The molecule has 1 aliphatic heterocycles. The molecule has 1 aliphatic rings. The Morgan fingerprint density at radius 1 is 0.918 bits per heavy atom. The van der Waals surface area contributed by atoms with Gasteiger partial charge < -0.3 is 19.2 Å². The lowest BCUT2D eigenvalue weighted by atomic mass is 9.96. The van der Waals surface area contributed by atoms with E-state index in [4.69, 9.17) is 30.6 Å². The van der Waals surface area contributed by atoms with Crippen LogP contribution >= 0.6 is 11.6 Å². The molecule has 3 aromatic carbocycles. The minimum Gasteiger partial charge on any atom is -0.444 e. The first kappa shape index (κ1) is 36.6. The van der Waals surface area contributed by atoms with Crippen molar-refractivity contribution in [3.8, 4) is 0 Å². The SMILES string of the molecule is Cn1nc(C(C)(C)NC(=O)[C@@H]2CN(C(=O)OC(C)(C)C)[C@H](CO[Si](c3ccccc3)(c3ccccc3)C(C)(C)C)CO2)c2cccc(Cl)c21. The van der Waals surface area contributed by atoms with Crippen LogP contribution in [0.2, 0.25) is 10.1 Å². The molecule has 5 rings (SSSR count). The molecule has 262 valence electrons. The molecule has 0 saturated carbocycles. The van der Waals surface area contributed by atoms with Crippen LogP contribution in [-0.4, -0.2) is 72.5 Å². The molecule has 11 heteroatoms. The lowest BCUT2D eigenvalue weighted by molar-refractivity contribution is -0.144. The van der Waals surface area contributed by atoms with Gasteiger partial charge in [0.05, 0.1) is 47.6 Å². The fourth-order valence-corrected chi connectivity index (χ4v) is 11.6. The summed E-state index contributed by atoms with van der Waals surface area (Å²) in [5.41, 5.74) is -0.141. The van der Waals surface area contributed by atoms with Gasteiger partial charge in [0.2, 0.25) is 0 Å². The minimum absolute atomic E-state index is 0.000392. The molecule has 1 fully saturated rings.